The molecule has 0 spiro atoms. The molecule has 1 rings (SSSR count). The number of carbonyl (C=O) groups excluding carboxylic acids is 1. The van der Waals surface area contributed by atoms with Crippen LogP contribution in [0.2, 0.25) is 0 Å². The van der Waals surface area contributed by atoms with Crippen LogP contribution in [-0.4, -0.2) is 11.7 Å². The highest BCUT2D eigenvalue weighted by molar-refractivity contribution is 6.18. The summed E-state index contributed by atoms with van der Waals surface area (Å²) in [4.78, 5) is 10.7. The van der Waals surface area contributed by atoms with Crippen LogP contribution < -0.4 is 0 Å². The molecule has 0 saturated heterocycles. The largest absolute Gasteiger partial charge is 0.300 e. The predicted molar refractivity (Wildman–Crippen MR) is 37.6 cm³/mol. The van der Waals surface area contributed by atoms with E-state index in [1.165, 1.54) is 0 Å². The molecule has 1 saturated carbocycles. The molecule has 0 aromatic carbocycles. The maximum Gasteiger partial charge on any atom is 0.133 e. The average molecular weight is 147 g/mol. The van der Waals surface area contributed by atoms with Crippen LogP contribution in [0.1, 0.15) is 20.3 Å². The standard InChI is InChI=1S/C7H11ClO/c1-5(9)6-3-7(6,2)4-8/h6H,3-4H2,1-2H3. The van der Waals surface area contributed by atoms with Crippen LogP contribution in [0.3, 0.4) is 0 Å². The first-order valence-corrected chi connectivity index (χ1v) is 3.70. The van der Waals surface area contributed by atoms with Gasteiger partial charge in [-0.05, 0) is 18.8 Å². The molecule has 1 fully saturated rings. The van der Waals surface area contributed by atoms with Gasteiger partial charge in [0.25, 0.3) is 0 Å². The van der Waals surface area contributed by atoms with Gasteiger partial charge in [-0.2, -0.15) is 0 Å². The van der Waals surface area contributed by atoms with E-state index in [-0.39, 0.29) is 17.1 Å². The third kappa shape index (κ3) is 1.11. The van der Waals surface area contributed by atoms with E-state index in [0.29, 0.717) is 5.88 Å². The highest BCUT2D eigenvalue weighted by atomic mass is 35.5. The van der Waals surface area contributed by atoms with Gasteiger partial charge in [-0.1, -0.05) is 6.92 Å². The minimum Gasteiger partial charge on any atom is -0.300 e. The fraction of sp³-hybridized carbons (Fsp3) is 0.857. The van der Waals surface area contributed by atoms with E-state index >= 15 is 0 Å². The van der Waals surface area contributed by atoms with Crippen LogP contribution in [0, 0.1) is 11.3 Å². The van der Waals surface area contributed by atoms with Gasteiger partial charge in [0.15, 0.2) is 0 Å². The topological polar surface area (TPSA) is 17.1 Å². The predicted octanol–water partition coefficient (Wildman–Crippen LogP) is 1.84. The van der Waals surface area contributed by atoms with E-state index in [9.17, 15) is 4.79 Å². The molecular weight excluding hydrogens is 136 g/mol. The summed E-state index contributed by atoms with van der Waals surface area (Å²) in [6, 6.07) is 0. The second-order valence-electron chi connectivity index (χ2n) is 3.16. The third-order valence-electron chi connectivity index (χ3n) is 2.15. The van der Waals surface area contributed by atoms with Gasteiger partial charge in [0, 0.05) is 11.8 Å². The SMILES string of the molecule is CC(=O)C1CC1(C)CCl. The van der Waals surface area contributed by atoms with Gasteiger partial charge in [0.2, 0.25) is 0 Å². The lowest BCUT2D eigenvalue weighted by Gasteiger charge is -2.00. The molecule has 2 atom stereocenters. The summed E-state index contributed by atoms with van der Waals surface area (Å²) in [7, 11) is 0. The molecule has 2 unspecified atom stereocenters. The molecule has 0 bridgehead atoms. The lowest BCUT2D eigenvalue weighted by atomic mass is 10.1. The Morgan fingerprint density at radius 2 is 2.44 bits per heavy atom. The number of Topliss-reactive ketones (excluding diaryl/α,β-unsaturated/α-hetero) is 1. The molecule has 0 aromatic heterocycles. The third-order valence-corrected chi connectivity index (χ3v) is 2.76. The number of hydrogen-bond acceptors (Lipinski definition) is 1. The monoisotopic (exact) mass is 146 g/mol. The number of rotatable bonds is 2. The minimum absolute atomic E-state index is 0.146. The van der Waals surface area contributed by atoms with Crippen LogP contribution in [-0.2, 0) is 4.79 Å². The summed E-state index contributed by atoms with van der Waals surface area (Å²) in [5.41, 5.74) is 0.146. The quantitative estimate of drug-likeness (QED) is 0.544. The highest BCUT2D eigenvalue weighted by Gasteiger charge is 2.51. The fourth-order valence-electron chi connectivity index (χ4n) is 1.19. The highest BCUT2D eigenvalue weighted by Crippen LogP contribution is 2.53. The number of alkyl halides is 1. The molecule has 1 nitrogen and oxygen atoms in total. The Hall–Kier alpha value is -0.0400. The number of carbonyl (C=O) groups is 1. The maximum absolute atomic E-state index is 10.7. The summed E-state index contributed by atoms with van der Waals surface area (Å²) in [6.45, 7) is 3.70. The van der Waals surface area contributed by atoms with Crippen molar-refractivity contribution in [1.29, 1.82) is 0 Å². The van der Waals surface area contributed by atoms with Crippen LogP contribution in [0.4, 0.5) is 0 Å². The summed E-state index contributed by atoms with van der Waals surface area (Å²) in [5.74, 6) is 1.17. The van der Waals surface area contributed by atoms with Crippen LogP contribution in [0.25, 0.3) is 0 Å². The van der Waals surface area contributed by atoms with Gasteiger partial charge < -0.3 is 0 Å². The Labute approximate surface area is 60.4 Å². The fourth-order valence-corrected chi connectivity index (χ4v) is 1.48. The number of hydrogen-bond donors (Lipinski definition) is 0. The average Bonchev–Trinajstić information content (AvgIpc) is 2.44. The molecule has 0 heterocycles. The number of ketones is 1. The van der Waals surface area contributed by atoms with Crippen LogP contribution in [0.15, 0.2) is 0 Å². The molecular formula is C7H11ClO. The van der Waals surface area contributed by atoms with E-state index in [0.717, 1.165) is 6.42 Å². The zero-order chi connectivity index (χ0) is 7.07. The van der Waals surface area contributed by atoms with E-state index < -0.39 is 0 Å². The van der Waals surface area contributed by atoms with Crippen molar-refractivity contribution in [1.82, 2.24) is 0 Å². The number of halogens is 1. The smallest absolute Gasteiger partial charge is 0.133 e. The Bertz CT molecular complexity index is 144. The van der Waals surface area contributed by atoms with E-state index in [4.69, 9.17) is 11.6 Å². The molecule has 0 amide bonds. The normalized spacial score (nSPS) is 40.6. The van der Waals surface area contributed by atoms with Crippen molar-refractivity contribution < 1.29 is 4.79 Å². The Balaban J connectivity index is 2.48. The van der Waals surface area contributed by atoms with Crippen molar-refractivity contribution in [2.75, 3.05) is 5.88 Å². The van der Waals surface area contributed by atoms with Crippen molar-refractivity contribution >= 4 is 17.4 Å². The summed E-state index contributed by atoms with van der Waals surface area (Å²) >= 11 is 5.63. The summed E-state index contributed by atoms with van der Waals surface area (Å²) < 4.78 is 0. The summed E-state index contributed by atoms with van der Waals surface area (Å²) in [6.07, 6.45) is 0.992. The lowest BCUT2D eigenvalue weighted by molar-refractivity contribution is -0.118. The van der Waals surface area contributed by atoms with Gasteiger partial charge in [-0.3, -0.25) is 4.79 Å². The van der Waals surface area contributed by atoms with Gasteiger partial charge in [-0.15, -0.1) is 11.6 Å². The Morgan fingerprint density at radius 3 is 2.56 bits per heavy atom. The van der Waals surface area contributed by atoms with Gasteiger partial charge in [0.05, 0.1) is 0 Å². The van der Waals surface area contributed by atoms with Crippen molar-refractivity contribution in [3.8, 4) is 0 Å². The minimum atomic E-state index is 0.146. The lowest BCUT2D eigenvalue weighted by Crippen LogP contribution is -2.05. The summed E-state index contributed by atoms with van der Waals surface area (Å²) in [5, 5.41) is 0. The molecule has 1 aliphatic rings. The van der Waals surface area contributed by atoms with Gasteiger partial charge in [-0.25, -0.2) is 0 Å². The van der Waals surface area contributed by atoms with Crippen molar-refractivity contribution in [2.45, 2.75) is 20.3 Å². The second-order valence-corrected chi connectivity index (χ2v) is 3.42. The van der Waals surface area contributed by atoms with Crippen molar-refractivity contribution in [3.05, 3.63) is 0 Å². The molecule has 0 aliphatic heterocycles. The molecule has 1 aliphatic carbocycles. The zero-order valence-electron chi connectivity index (χ0n) is 5.78. The van der Waals surface area contributed by atoms with E-state index in [1.807, 2.05) is 0 Å². The molecule has 52 valence electrons. The first-order valence-electron chi connectivity index (χ1n) is 3.16. The Kier molecular flexibility index (Phi) is 1.55. The molecule has 0 N–H and O–H groups in total. The van der Waals surface area contributed by atoms with Crippen molar-refractivity contribution in [2.24, 2.45) is 11.3 Å². The maximum atomic E-state index is 10.7. The van der Waals surface area contributed by atoms with Crippen LogP contribution >= 0.6 is 11.6 Å². The van der Waals surface area contributed by atoms with Crippen LogP contribution in [0.5, 0.6) is 0 Å². The van der Waals surface area contributed by atoms with Crippen molar-refractivity contribution in [3.63, 3.8) is 0 Å². The second kappa shape index (κ2) is 1.98. The van der Waals surface area contributed by atoms with E-state index in [2.05, 4.69) is 6.92 Å². The Morgan fingerprint density at radius 1 is 1.89 bits per heavy atom. The molecule has 9 heavy (non-hydrogen) atoms. The van der Waals surface area contributed by atoms with Gasteiger partial charge >= 0.3 is 0 Å². The van der Waals surface area contributed by atoms with Gasteiger partial charge in [0.1, 0.15) is 5.78 Å². The van der Waals surface area contributed by atoms with E-state index in [1.54, 1.807) is 6.92 Å². The molecule has 0 radical (unpaired) electrons. The molecule has 2 heteroatoms. The zero-order valence-corrected chi connectivity index (χ0v) is 6.53. The first-order chi connectivity index (χ1) is 4.10. The first kappa shape index (κ1) is 7.07. The molecule has 0 aromatic rings.